The number of fused-ring (bicyclic) bond motifs is 1. The van der Waals surface area contributed by atoms with Crippen LogP contribution in [0.25, 0.3) is 0 Å². The molecule has 1 aliphatic carbocycles. The molecular weight excluding hydrogens is 224 g/mol. The van der Waals surface area contributed by atoms with Crippen LogP contribution in [0.4, 0.5) is 14.6 Å². The van der Waals surface area contributed by atoms with Crippen molar-refractivity contribution in [3.63, 3.8) is 0 Å². The summed E-state index contributed by atoms with van der Waals surface area (Å²) in [7, 11) is 0. The Morgan fingerprint density at radius 1 is 1.29 bits per heavy atom. The van der Waals surface area contributed by atoms with Gasteiger partial charge in [0.2, 0.25) is 0 Å². The fraction of sp³-hybridized carbons (Fsp3) is 0.750. The molecule has 1 aromatic rings. The van der Waals surface area contributed by atoms with Crippen molar-refractivity contribution in [2.75, 3.05) is 5.73 Å². The summed E-state index contributed by atoms with van der Waals surface area (Å²) in [5.41, 5.74) is 5.83. The Bertz CT molecular complexity index is 457. The first-order valence-corrected chi connectivity index (χ1v) is 5.85. The molecule has 0 aromatic carbocycles. The summed E-state index contributed by atoms with van der Waals surface area (Å²) < 4.78 is 29.9. The van der Waals surface area contributed by atoms with Gasteiger partial charge in [0, 0.05) is 11.5 Å². The molecule has 2 rings (SSSR count). The van der Waals surface area contributed by atoms with Crippen molar-refractivity contribution < 1.29 is 8.78 Å². The Hall–Kier alpha value is -1.13. The van der Waals surface area contributed by atoms with Crippen LogP contribution in [0.1, 0.15) is 51.8 Å². The molecule has 0 amide bonds. The van der Waals surface area contributed by atoms with E-state index in [0.717, 1.165) is 0 Å². The number of nitrogen functional groups attached to an aromatic ring is 1. The van der Waals surface area contributed by atoms with Gasteiger partial charge < -0.3 is 5.73 Å². The molecule has 0 unspecified atom stereocenters. The second-order valence-electron chi connectivity index (χ2n) is 5.93. The maximum absolute atomic E-state index is 14.3. The maximum atomic E-state index is 14.3. The number of alkyl halides is 2. The van der Waals surface area contributed by atoms with Crippen LogP contribution in [0.15, 0.2) is 0 Å². The second kappa shape index (κ2) is 3.21. The lowest BCUT2D eigenvalue weighted by Crippen LogP contribution is -2.31. The van der Waals surface area contributed by atoms with Crippen molar-refractivity contribution in [3.05, 3.63) is 11.3 Å². The number of hydrogen-bond acceptors (Lipinski definition) is 2. The van der Waals surface area contributed by atoms with Crippen LogP contribution in [0.2, 0.25) is 0 Å². The van der Waals surface area contributed by atoms with Gasteiger partial charge in [0.05, 0.1) is 5.54 Å². The van der Waals surface area contributed by atoms with E-state index < -0.39 is 17.4 Å². The molecule has 0 saturated heterocycles. The van der Waals surface area contributed by atoms with Crippen LogP contribution in [0, 0.1) is 5.92 Å². The third kappa shape index (κ3) is 1.47. The predicted molar refractivity (Wildman–Crippen MR) is 63.1 cm³/mol. The number of rotatable bonds is 0. The first-order valence-electron chi connectivity index (χ1n) is 5.85. The summed E-state index contributed by atoms with van der Waals surface area (Å²) in [5, 5.41) is 4.10. The molecule has 1 heterocycles. The van der Waals surface area contributed by atoms with E-state index in [0.29, 0.717) is 5.56 Å². The topological polar surface area (TPSA) is 43.8 Å². The summed E-state index contributed by atoms with van der Waals surface area (Å²) in [6.07, 6.45) is 0. The van der Waals surface area contributed by atoms with Crippen molar-refractivity contribution in [3.8, 4) is 0 Å². The van der Waals surface area contributed by atoms with E-state index in [1.54, 1.807) is 13.8 Å². The predicted octanol–water partition coefficient (Wildman–Crippen LogP) is 3.07. The molecule has 1 aromatic heterocycles. The van der Waals surface area contributed by atoms with E-state index in [2.05, 4.69) is 5.10 Å². The zero-order valence-corrected chi connectivity index (χ0v) is 10.9. The Kier molecular flexibility index (Phi) is 2.33. The molecule has 1 aliphatic rings. The molecule has 2 N–H and O–H groups in total. The van der Waals surface area contributed by atoms with Gasteiger partial charge in [-0.3, -0.25) is 4.68 Å². The van der Waals surface area contributed by atoms with E-state index in [1.165, 1.54) is 4.68 Å². The van der Waals surface area contributed by atoms with Crippen molar-refractivity contribution in [1.29, 1.82) is 0 Å². The molecule has 0 bridgehead atoms. The highest BCUT2D eigenvalue weighted by molar-refractivity contribution is 5.51. The van der Waals surface area contributed by atoms with Crippen LogP contribution in [-0.4, -0.2) is 9.78 Å². The fourth-order valence-electron chi connectivity index (χ4n) is 2.48. The number of nitrogens with two attached hydrogens (primary N) is 1. The minimum atomic E-state index is -2.85. The van der Waals surface area contributed by atoms with Gasteiger partial charge in [-0.15, -0.1) is 0 Å². The highest BCUT2D eigenvalue weighted by atomic mass is 19.3. The van der Waals surface area contributed by atoms with Crippen LogP contribution >= 0.6 is 0 Å². The normalized spacial score (nSPS) is 27.2. The van der Waals surface area contributed by atoms with Gasteiger partial charge in [-0.05, 0) is 26.7 Å². The zero-order valence-electron chi connectivity index (χ0n) is 10.9. The van der Waals surface area contributed by atoms with E-state index in [4.69, 9.17) is 5.73 Å². The molecule has 0 saturated carbocycles. The van der Waals surface area contributed by atoms with Gasteiger partial charge in [-0.25, -0.2) is 0 Å². The molecule has 96 valence electrons. The number of hydrogen-bond donors (Lipinski definition) is 1. The van der Waals surface area contributed by atoms with Gasteiger partial charge in [0.25, 0.3) is 5.92 Å². The summed E-state index contributed by atoms with van der Waals surface area (Å²) in [5.74, 6) is -3.60. The maximum Gasteiger partial charge on any atom is 0.292 e. The van der Waals surface area contributed by atoms with Gasteiger partial charge in [-0.2, -0.15) is 13.9 Å². The van der Waals surface area contributed by atoms with E-state index in [-0.39, 0.29) is 17.4 Å². The largest absolute Gasteiger partial charge is 0.382 e. The molecule has 0 spiro atoms. The minimum absolute atomic E-state index is 0.00231. The van der Waals surface area contributed by atoms with Crippen molar-refractivity contribution >= 4 is 5.82 Å². The standard InChI is InChI=1S/C12H19F2N3/c1-6-7(2)12(13,14)9-8(6)10(15)16-17(9)11(3,4)5/h6-7H,1-5H3,(H2,15,16)/t6-,7+/m0/s1. The fourth-order valence-corrected chi connectivity index (χ4v) is 2.48. The van der Waals surface area contributed by atoms with Crippen LogP contribution < -0.4 is 5.73 Å². The highest BCUT2D eigenvalue weighted by Gasteiger charge is 2.55. The molecular formula is C12H19F2N3. The molecule has 0 radical (unpaired) electrons. The number of anilines is 1. The van der Waals surface area contributed by atoms with E-state index in [9.17, 15) is 8.78 Å². The Morgan fingerprint density at radius 2 is 1.82 bits per heavy atom. The molecule has 5 heteroatoms. The molecule has 2 atom stereocenters. The highest BCUT2D eigenvalue weighted by Crippen LogP contribution is 2.54. The lowest BCUT2D eigenvalue weighted by molar-refractivity contribution is -0.0613. The van der Waals surface area contributed by atoms with Gasteiger partial charge in [-0.1, -0.05) is 13.8 Å². The third-order valence-corrected chi connectivity index (χ3v) is 3.68. The summed E-state index contributed by atoms with van der Waals surface area (Å²) >= 11 is 0. The SMILES string of the molecule is C[C@@H]1c2c(N)nn(C(C)(C)C)c2C(F)(F)[C@@H]1C. The average Bonchev–Trinajstić information content (AvgIpc) is 2.60. The van der Waals surface area contributed by atoms with Gasteiger partial charge in [0.15, 0.2) is 0 Å². The molecule has 17 heavy (non-hydrogen) atoms. The first kappa shape index (κ1) is 12.3. The summed E-state index contributed by atoms with van der Waals surface area (Å²) in [4.78, 5) is 0. The zero-order chi connectivity index (χ0) is 13.2. The lowest BCUT2D eigenvalue weighted by Gasteiger charge is -2.26. The van der Waals surface area contributed by atoms with Gasteiger partial charge in [0.1, 0.15) is 11.5 Å². The number of halogens is 2. The van der Waals surface area contributed by atoms with Gasteiger partial charge >= 0.3 is 0 Å². The number of nitrogens with zero attached hydrogens (tertiary/aromatic N) is 2. The van der Waals surface area contributed by atoms with E-state index >= 15 is 0 Å². The van der Waals surface area contributed by atoms with Crippen LogP contribution in [0.3, 0.4) is 0 Å². The van der Waals surface area contributed by atoms with Crippen molar-refractivity contribution in [1.82, 2.24) is 9.78 Å². The van der Waals surface area contributed by atoms with Crippen LogP contribution in [0.5, 0.6) is 0 Å². The van der Waals surface area contributed by atoms with Crippen molar-refractivity contribution in [2.45, 2.75) is 52.0 Å². The lowest BCUT2D eigenvalue weighted by atomic mass is 9.95. The smallest absolute Gasteiger partial charge is 0.292 e. The van der Waals surface area contributed by atoms with E-state index in [1.807, 2.05) is 20.8 Å². The Labute approximate surface area is 100.0 Å². The number of aromatic nitrogens is 2. The van der Waals surface area contributed by atoms with Crippen LogP contribution in [-0.2, 0) is 11.5 Å². The summed E-state index contributed by atoms with van der Waals surface area (Å²) in [6.45, 7) is 8.91. The first-order chi connectivity index (χ1) is 7.58. The Balaban J connectivity index is 2.73. The molecule has 0 aliphatic heterocycles. The Morgan fingerprint density at radius 3 is 2.29 bits per heavy atom. The average molecular weight is 243 g/mol. The quantitative estimate of drug-likeness (QED) is 0.761. The third-order valence-electron chi connectivity index (χ3n) is 3.68. The molecule has 3 nitrogen and oxygen atoms in total. The summed E-state index contributed by atoms with van der Waals surface area (Å²) in [6, 6.07) is 0. The monoisotopic (exact) mass is 243 g/mol. The van der Waals surface area contributed by atoms with Crippen molar-refractivity contribution in [2.24, 2.45) is 5.92 Å². The second-order valence-corrected chi connectivity index (χ2v) is 5.93. The minimum Gasteiger partial charge on any atom is -0.382 e. The molecule has 0 fully saturated rings.